The molecule has 0 aliphatic carbocycles. The van der Waals surface area contributed by atoms with Crippen molar-refractivity contribution < 1.29 is 4.74 Å². The fourth-order valence-corrected chi connectivity index (χ4v) is 1.88. The lowest BCUT2D eigenvalue weighted by Gasteiger charge is -2.16. The predicted molar refractivity (Wildman–Crippen MR) is 70.5 cm³/mol. The first kappa shape index (κ1) is 12.5. The monoisotopic (exact) mass is 243 g/mol. The van der Waals surface area contributed by atoms with Crippen molar-refractivity contribution in [3.05, 3.63) is 54.1 Å². The topological polar surface area (TPSA) is 47.0 Å². The molecule has 2 aromatic heterocycles. The lowest BCUT2D eigenvalue weighted by Crippen LogP contribution is -2.19. The van der Waals surface area contributed by atoms with Gasteiger partial charge in [-0.05, 0) is 36.7 Å². The second-order valence-electron chi connectivity index (χ2n) is 4.06. The quantitative estimate of drug-likeness (QED) is 0.872. The van der Waals surface area contributed by atoms with E-state index in [1.807, 2.05) is 31.6 Å². The van der Waals surface area contributed by atoms with Gasteiger partial charge >= 0.3 is 0 Å². The van der Waals surface area contributed by atoms with Crippen LogP contribution in [0.2, 0.25) is 0 Å². The highest BCUT2D eigenvalue weighted by Crippen LogP contribution is 2.20. The minimum Gasteiger partial charge on any atom is -0.495 e. The Morgan fingerprint density at radius 2 is 2.17 bits per heavy atom. The standard InChI is InChI=1S/C14H17N3O/c1-15-14(6-11-4-3-5-16-8-11)12-7-13(18-2)10-17-9-12/h3-5,7-10,14-15H,6H2,1-2H3. The first-order valence-electron chi connectivity index (χ1n) is 5.88. The number of hydrogen-bond donors (Lipinski definition) is 1. The summed E-state index contributed by atoms with van der Waals surface area (Å²) in [7, 11) is 3.59. The summed E-state index contributed by atoms with van der Waals surface area (Å²) in [5.41, 5.74) is 2.31. The van der Waals surface area contributed by atoms with E-state index in [1.54, 1.807) is 19.5 Å². The summed E-state index contributed by atoms with van der Waals surface area (Å²) in [4.78, 5) is 8.32. The summed E-state index contributed by atoms with van der Waals surface area (Å²) in [5.74, 6) is 0.777. The summed E-state index contributed by atoms with van der Waals surface area (Å²) in [5, 5.41) is 3.29. The fourth-order valence-electron chi connectivity index (χ4n) is 1.88. The number of hydrogen-bond acceptors (Lipinski definition) is 4. The van der Waals surface area contributed by atoms with E-state index in [-0.39, 0.29) is 6.04 Å². The number of ether oxygens (including phenoxy) is 1. The molecule has 2 rings (SSSR count). The maximum atomic E-state index is 5.20. The van der Waals surface area contributed by atoms with Gasteiger partial charge in [0.25, 0.3) is 0 Å². The Hall–Kier alpha value is -1.94. The number of pyridine rings is 2. The second kappa shape index (κ2) is 6.12. The van der Waals surface area contributed by atoms with Crippen molar-refractivity contribution in [2.75, 3.05) is 14.2 Å². The van der Waals surface area contributed by atoms with Gasteiger partial charge in [0.15, 0.2) is 0 Å². The molecular weight excluding hydrogens is 226 g/mol. The SMILES string of the molecule is CNC(Cc1cccnc1)c1cncc(OC)c1. The second-order valence-corrected chi connectivity index (χ2v) is 4.06. The zero-order chi connectivity index (χ0) is 12.8. The molecule has 0 amide bonds. The number of methoxy groups -OCH3 is 1. The molecule has 0 aliphatic rings. The van der Waals surface area contributed by atoms with Crippen LogP contribution < -0.4 is 10.1 Å². The molecule has 0 aromatic carbocycles. The molecule has 0 saturated carbocycles. The molecule has 18 heavy (non-hydrogen) atoms. The first-order chi connectivity index (χ1) is 8.83. The normalized spacial score (nSPS) is 12.1. The lowest BCUT2D eigenvalue weighted by molar-refractivity contribution is 0.411. The van der Waals surface area contributed by atoms with Crippen molar-refractivity contribution >= 4 is 0 Å². The van der Waals surface area contributed by atoms with Crippen LogP contribution >= 0.6 is 0 Å². The van der Waals surface area contributed by atoms with Crippen molar-refractivity contribution in [1.29, 1.82) is 0 Å². The van der Waals surface area contributed by atoms with Crippen LogP contribution in [0.1, 0.15) is 17.2 Å². The molecule has 4 heteroatoms. The molecule has 2 aromatic rings. The maximum Gasteiger partial charge on any atom is 0.137 e. The summed E-state index contributed by atoms with van der Waals surface area (Å²) < 4.78 is 5.20. The van der Waals surface area contributed by atoms with Crippen LogP contribution in [0.25, 0.3) is 0 Å². The van der Waals surface area contributed by atoms with Crippen LogP contribution in [0.15, 0.2) is 43.0 Å². The van der Waals surface area contributed by atoms with Gasteiger partial charge in [-0.25, -0.2) is 0 Å². The van der Waals surface area contributed by atoms with Gasteiger partial charge in [-0.15, -0.1) is 0 Å². The van der Waals surface area contributed by atoms with E-state index in [0.29, 0.717) is 0 Å². The molecule has 4 nitrogen and oxygen atoms in total. The Morgan fingerprint density at radius 3 is 2.83 bits per heavy atom. The Bertz CT molecular complexity index is 487. The first-order valence-corrected chi connectivity index (χ1v) is 5.88. The molecule has 0 fully saturated rings. The van der Waals surface area contributed by atoms with E-state index in [4.69, 9.17) is 4.74 Å². The van der Waals surface area contributed by atoms with Gasteiger partial charge in [0.1, 0.15) is 5.75 Å². The number of aromatic nitrogens is 2. The Kier molecular flexibility index (Phi) is 4.25. The van der Waals surface area contributed by atoms with Crippen molar-refractivity contribution in [2.45, 2.75) is 12.5 Å². The van der Waals surface area contributed by atoms with Crippen molar-refractivity contribution in [3.8, 4) is 5.75 Å². The molecule has 1 N–H and O–H groups in total. The molecule has 1 atom stereocenters. The largest absolute Gasteiger partial charge is 0.495 e. The van der Waals surface area contributed by atoms with Crippen LogP contribution in [0.5, 0.6) is 5.75 Å². The van der Waals surface area contributed by atoms with Crippen molar-refractivity contribution in [1.82, 2.24) is 15.3 Å². The van der Waals surface area contributed by atoms with Crippen molar-refractivity contribution in [2.24, 2.45) is 0 Å². The van der Waals surface area contributed by atoms with Crippen LogP contribution in [0.3, 0.4) is 0 Å². The minimum absolute atomic E-state index is 0.205. The van der Waals surface area contributed by atoms with E-state index in [9.17, 15) is 0 Å². The van der Waals surface area contributed by atoms with Gasteiger partial charge in [0, 0.05) is 24.6 Å². The van der Waals surface area contributed by atoms with Gasteiger partial charge < -0.3 is 10.1 Å². The maximum absolute atomic E-state index is 5.20. The molecule has 94 valence electrons. The number of rotatable bonds is 5. The Morgan fingerprint density at radius 1 is 1.28 bits per heavy atom. The highest BCUT2D eigenvalue weighted by molar-refractivity contribution is 5.27. The highest BCUT2D eigenvalue weighted by atomic mass is 16.5. The van der Waals surface area contributed by atoms with E-state index < -0.39 is 0 Å². The minimum atomic E-state index is 0.205. The number of nitrogens with one attached hydrogen (secondary N) is 1. The third-order valence-corrected chi connectivity index (χ3v) is 2.88. The molecule has 0 bridgehead atoms. The fraction of sp³-hybridized carbons (Fsp3) is 0.286. The summed E-state index contributed by atoms with van der Waals surface area (Å²) in [6.07, 6.45) is 8.11. The van der Waals surface area contributed by atoms with Gasteiger partial charge in [-0.3, -0.25) is 9.97 Å². The average molecular weight is 243 g/mol. The Balaban J connectivity index is 2.17. The van der Waals surface area contributed by atoms with E-state index in [2.05, 4.69) is 21.4 Å². The predicted octanol–water partition coefficient (Wildman–Crippen LogP) is 1.99. The van der Waals surface area contributed by atoms with Crippen LogP contribution in [-0.2, 0) is 6.42 Å². The van der Waals surface area contributed by atoms with E-state index in [1.165, 1.54) is 5.56 Å². The van der Waals surface area contributed by atoms with Gasteiger partial charge in [-0.2, -0.15) is 0 Å². The van der Waals surface area contributed by atoms with Crippen LogP contribution in [0, 0.1) is 0 Å². The molecule has 1 unspecified atom stereocenters. The summed E-state index contributed by atoms with van der Waals surface area (Å²) in [6, 6.07) is 6.23. The van der Waals surface area contributed by atoms with E-state index >= 15 is 0 Å². The summed E-state index contributed by atoms with van der Waals surface area (Å²) >= 11 is 0. The highest BCUT2D eigenvalue weighted by Gasteiger charge is 2.11. The molecule has 0 saturated heterocycles. The Labute approximate surface area is 107 Å². The van der Waals surface area contributed by atoms with Crippen molar-refractivity contribution in [3.63, 3.8) is 0 Å². The van der Waals surface area contributed by atoms with E-state index in [0.717, 1.165) is 17.7 Å². The molecule has 2 heterocycles. The molecule has 0 aliphatic heterocycles. The zero-order valence-electron chi connectivity index (χ0n) is 10.6. The average Bonchev–Trinajstić information content (AvgIpc) is 2.46. The number of likely N-dealkylation sites (N-methyl/N-ethyl adjacent to an activating group) is 1. The third kappa shape index (κ3) is 3.05. The lowest BCUT2D eigenvalue weighted by atomic mass is 10.0. The number of nitrogens with zero attached hydrogens (tertiary/aromatic N) is 2. The van der Waals surface area contributed by atoms with Crippen LogP contribution in [0.4, 0.5) is 0 Å². The molecular formula is C14H17N3O. The zero-order valence-corrected chi connectivity index (χ0v) is 10.6. The van der Waals surface area contributed by atoms with Crippen LogP contribution in [-0.4, -0.2) is 24.1 Å². The summed E-state index contributed by atoms with van der Waals surface area (Å²) in [6.45, 7) is 0. The van der Waals surface area contributed by atoms with Gasteiger partial charge in [-0.1, -0.05) is 6.07 Å². The van der Waals surface area contributed by atoms with Gasteiger partial charge in [0.05, 0.1) is 13.3 Å². The van der Waals surface area contributed by atoms with Gasteiger partial charge in [0.2, 0.25) is 0 Å². The smallest absolute Gasteiger partial charge is 0.137 e. The molecule has 0 radical (unpaired) electrons. The molecule has 0 spiro atoms. The third-order valence-electron chi connectivity index (χ3n) is 2.88.